The summed E-state index contributed by atoms with van der Waals surface area (Å²) in [4.78, 5) is 14.2. The van der Waals surface area contributed by atoms with E-state index in [4.69, 9.17) is 5.73 Å². The second-order valence-electron chi connectivity index (χ2n) is 5.44. The van der Waals surface area contributed by atoms with Crippen LogP contribution in [-0.4, -0.2) is 30.4 Å². The molecular weight excluding hydrogens is 238 g/mol. The molecule has 1 fully saturated rings. The number of nitrogens with one attached hydrogen (secondary N) is 1. The van der Waals surface area contributed by atoms with Crippen molar-refractivity contribution < 1.29 is 4.79 Å². The van der Waals surface area contributed by atoms with E-state index in [0.29, 0.717) is 23.8 Å². The average molecular weight is 261 g/mol. The Morgan fingerprint density at radius 2 is 2.16 bits per heavy atom. The summed E-state index contributed by atoms with van der Waals surface area (Å²) in [7, 11) is 2.09. The largest absolute Gasteiger partial charge is 0.397 e. The second kappa shape index (κ2) is 6.06. The number of nitrogen functional groups attached to an aromatic ring is 1. The van der Waals surface area contributed by atoms with E-state index in [-0.39, 0.29) is 5.91 Å². The molecule has 104 valence electrons. The number of amides is 1. The number of benzene rings is 1. The number of carbonyl (C=O) groups excluding carboxylic acids is 1. The predicted octanol–water partition coefficient (Wildman–Crippen LogP) is 2.33. The fourth-order valence-electron chi connectivity index (χ4n) is 2.24. The molecule has 3 N–H and O–H groups in total. The molecule has 1 aromatic carbocycles. The third kappa shape index (κ3) is 3.96. The Labute approximate surface area is 115 Å². The highest BCUT2D eigenvalue weighted by molar-refractivity contribution is 5.93. The molecule has 1 amide bonds. The molecule has 1 atom stereocenters. The van der Waals surface area contributed by atoms with Crippen molar-refractivity contribution in [1.29, 1.82) is 0 Å². The van der Waals surface area contributed by atoms with Crippen molar-refractivity contribution >= 4 is 17.3 Å². The molecule has 0 saturated heterocycles. The molecule has 1 aromatic rings. The second-order valence-corrected chi connectivity index (χ2v) is 5.44. The molecule has 2 rings (SSSR count). The van der Waals surface area contributed by atoms with Gasteiger partial charge in [0.1, 0.15) is 0 Å². The van der Waals surface area contributed by atoms with Gasteiger partial charge in [0.25, 0.3) is 0 Å². The fraction of sp³-hybridized carbons (Fsp3) is 0.533. The smallest absolute Gasteiger partial charge is 0.225 e. The van der Waals surface area contributed by atoms with Gasteiger partial charge in [-0.2, -0.15) is 0 Å². The molecule has 0 aromatic heterocycles. The highest BCUT2D eigenvalue weighted by Crippen LogP contribution is 2.34. The standard InChI is InChI=1S/C15H23N3O/c1-11(12-7-8-12)18(2)10-9-15(19)17-14-6-4-3-5-13(14)16/h3-6,11-12H,7-10,16H2,1-2H3,(H,17,19). The SMILES string of the molecule is CC(C1CC1)N(C)CCC(=O)Nc1ccccc1N. The Balaban J connectivity index is 1.76. The Bertz CT molecular complexity index is 443. The Hall–Kier alpha value is -1.55. The first-order valence-electron chi connectivity index (χ1n) is 6.92. The van der Waals surface area contributed by atoms with Gasteiger partial charge in [-0.1, -0.05) is 12.1 Å². The third-order valence-electron chi connectivity index (χ3n) is 3.93. The number of hydrogen-bond donors (Lipinski definition) is 2. The molecule has 1 unspecified atom stereocenters. The van der Waals surface area contributed by atoms with Crippen molar-refractivity contribution in [3.8, 4) is 0 Å². The van der Waals surface area contributed by atoms with Crippen molar-refractivity contribution in [2.75, 3.05) is 24.6 Å². The van der Waals surface area contributed by atoms with E-state index in [1.54, 1.807) is 6.07 Å². The van der Waals surface area contributed by atoms with Gasteiger partial charge < -0.3 is 16.0 Å². The molecule has 0 radical (unpaired) electrons. The number of anilines is 2. The first-order valence-corrected chi connectivity index (χ1v) is 6.92. The van der Waals surface area contributed by atoms with Crippen LogP contribution in [0.3, 0.4) is 0 Å². The van der Waals surface area contributed by atoms with Crippen LogP contribution in [0.4, 0.5) is 11.4 Å². The fourth-order valence-corrected chi connectivity index (χ4v) is 2.24. The lowest BCUT2D eigenvalue weighted by Crippen LogP contribution is -2.33. The highest BCUT2D eigenvalue weighted by Gasteiger charge is 2.30. The Morgan fingerprint density at radius 1 is 1.47 bits per heavy atom. The summed E-state index contributed by atoms with van der Waals surface area (Å²) in [5.41, 5.74) is 7.10. The Morgan fingerprint density at radius 3 is 2.79 bits per heavy atom. The van der Waals surface area contributed by atoms with Gasteiger partial charge in [-0.15, -0.1) is 0 Å². The normalized spacial score (nSPS) is 16.4. The van der Waals surface area contributed by atoms with Crippen LogP contribution >= 0.6 is 0 Å². The predicted molar refractivity (Wildman–Crippen MR) is 78.9 cm³/mol. The molecule has 0 aliphatic heterocycles. The molecule has 1 aliphatic rings. The van der Waals surface area contributed by atoms with Gasteiger partial charge in [0.15, 0.2) is 0 Å². The summed E-state index contributed by atoms with van der Waals surface area (Å²) in [5, 5.41) is 2.86. The highest BCUT2D eigenvalue weighted by atomic mass is 16.1. The lowest BCUT2D eigenvalue weighted by Gasteiger charge is -2.24. The molecule has 1 saturated carbocycles. The van der Waals surface area contributed by atoms with Crippen molar-refractivity contribution in [2.45, 2.75) is 32.2 Å². The summed E-state index contributed by atoms with van der Waals surface area (Å²) in [6, 6.07) is 7.92. The lowest BCUT2D eigenvalue weighted by molar-refractivity contribution is -0.116. The molecular formula is C15H23N3O. The zero-order valence-electron chi connectivity index (χ0n) is 11.7. The molecule has 19 heavy (non-hydrogen) atoms. The lowest BCUT2D eigenvalue weighted by atomic mass is 10.2. The number of nitrogens with two attached hydrogens (primary N) is 1. The minimum atomic E-state index is 0.0211. The number of para-hydroxylation sites is 2. The molecule has 0 heterocycles. The molecule has 4 heteroatoms. The van der Waals surface area contributed by atoms with Gasteiger partial charge in [0, 0.05) is 19.0 Å². The number of carbonyl (C=O) groups is 1. The maximum atomic E-state index is 11.9. The van der Waals surface area contributed by atoms with Crippen LogP contribution in [0.2, 0.25) is 0 Å². The van der Waals surface area contributed by atoms with E-state index in [9.17, 15) is 4.79 Å². The van der Waals surface area contributed by atoms with E-state index < -0.39 is 0 Å². The van der Waals surface area contributed by atoms with Gasteiger partial charge in [-0.25, -0.2) is 0 Å². The van der Waals surface area contributed by atoms with E-state index in [2.05, 4.69) is 24.2 Å². The molecule has 0 spiro atoms. The van der Waals surface area contributed by atoms with Crippen molar-refractivity contribution in [2.24, 2.45) is 5.92 Å². The minimum Gasteiger partial charge on any atom is -0.397 e. The maximum absolute atomic E-state index is 11.9. The van der Waals surface area contributed by atoms with Crippen LogP contribution in [0.25, 0.3) is 0 Å². The number of nitrogens with zero attached hydrogens (tertiary/aromatic N) is 1. The van der Waals surface area contributed by atoms with Gasteiger partial charge in [0.05, 0.1) is 11.4 Å². The van der Waals surface area contributed by atoms with Crippen molar-refractivity contribution in [3.63, 3.8) is 0 Å². The van der Waals surface area contributed by atoms with Crippen molar-refractivity contribution in [3.05, 3.63) is 24.3 Å². The molecule has 1 aliphatic carbocycles. The molecule has 4 nitrogen and oxygen atoms in total. The molecule has 0 bridgehead atoms. The summed E-state index contributed by atoms with van der Waals surface area (Å²) < 4.78 is 0. The summed E-state index contributed by atoms with van der Waals surface area (Å²) in [5.74, 6) is 0.852. The minimum absolute atomic E-state index is 0.0211. The Kier molecular flexibility index (Phi) is 4.43. The van der Waals surface area contributed by atoms with E-state index in [1.807, 2.05) is 18.2 Å². The van der Waals surface area contributed by atoms with Crippen molar-refractivity contribution in [1.82, 2.24) is 4.90 Å². The van der Waals surface area contributed by atoms with Gasteiger partial charge in [0.2, 0.25) is 5.91 Å². The topological polar surface area (TPSA) is 58.4 Å². The zero-order chi connectivity index (χ0) is 13.8. The van der Waals surface area contributed by atoms with E-state index in [0.717, 1.165) is 12.5 Å². The van der Waals surface area contributed by atoms with Gasteiger partial charge in [-0.3, -0.25) is 4.79 Å². The quantitative estimate of drug-likeness (QED) is 0.773. The van der Waals surface area contributed by atoms with Crippen LogP contribution in [-0.2, 0) is 4.79 Å². The third-order valence-corrected chi connectivity index (χ3v) is 3.93. The summed E-state index contributed by atoms with van der Waals surface area (Å²) in [6.45, 7) is 3.03. The van der Waals surface area contributed by atoms with Gasteiger partial charge in [-0.05, 0) is 44.9 Å². The monoisotopic (exact) mass is 261 g/mol. The first-order chi connectivity index (χ1) is 9.08. The van der Waals surface area contributed by atoms with Crippen LogP contribution < -0.4 is 11.1 Å². The zero-order valence-corrected chi connectivity index (χ0v) is 11.7. The van der Waals surface area contributed by atoms with Crippen LogP contribution in [0, 0.1) is 5.92 Å². The van der Waals surface area contributed by atoms with Crippen LogP contribution in [0.1, 0.15) is 26.2 Å². The van der Waals surface area contributed by atoms with Crippen LogP contribution in [0.15, 0.2) is 24.3 Å². The average Bonchev–Trinajstić information content (AvgIpc) is 3.22. The summed E-state index contributed by atoms with van der Waals surface area (Å²) in [6.07, 6.45) is 3.17. The summed E-state index contributed by atoms with van der Waals surface area (Å²) >= 11 is 0. The number of rotatable bonds is 6. The van der Waals surface area contributed by atoms with Crippen LogP contribution in [0.5, 0.6) is 0 Å². The van der Waals surface area contributed by atoms with E-state index in [1.165, 1.54) is 12.8 Å². The van der Waals surface area contributed by atoms with E-state index >= 15 is 0 Å². The maximum Gasteiger partial charge on any atom is 0.225 e. The first kappa shape index (κ1) is 13.9. The number of hydrogen-bond acceptors (Lipinski definition) is 3. The van der Waals surface area contributed by atoms with Gasteiger partial charge >= 0.3 is 0 Å².